The third kappa shape index (κ3) is 4.57. The molecule has 1 saturated heterocycles. The highest BCUT2D eigenvalue weighted by atomic mass is 32.2. The monoisotopic (exact) mass is 432 g/mol. The van der Waals surface area contributed by atoms with Crippen LogP contribution >= 0.6 is 0 Å². The van der Waals surface area contributed by atoms with E-state index in [0.29, 0.717) is 18.8 Å². The summed E-state index contributed by atoms with van der Waals surface area (Å²) in [6.45, 7) is 4.67. The van der Waals surface area contributed by atoms with E-state index in [0.717, 1.165) is 11.3 Å². The number of carbonyl (C=O) groups is 2. The van der Waals surface area contributed by atoms with Crippen molar-refractivity contribution in [2.24, 2.45) is 18.7 Å². The van der Waals surface area contributed by atoms with E-state index in [9.17, 15) is 18.0 Å². The van der Waals surface area contributed by atoms with Gasteiger partial charge >= 0.3 is 0 Å². The van der Waals surface area contributed by atoms with Gasteiger partial charge in [-0.05, 0) is 42.5 Å². The summed E-state index contributed by atoms with van der Waals surface area (Å²) < 4.78 is 28.6. The average Bonchev–Trinajstić information content (AvgIpc) is 3.11. The van der Waals surface area contributed by atoms with Crippen molar-refractivity contribution in [1.29, 1.82) is 0 Å². The van der Waals surface area contributed by atoms with Crippen LogP contribution in [0.4, 0.5) is 5.69 Å². The van der Waals surface area contributed by atoms with Gasteiger partial charge in [0.25, 0.3) is 5.91 Å². The molecule has 8 nitrogen and oxygen atoms in total. The number of sulfonamides is 1. The average molecular weight is 433 g/mol. The number of nitrogens with one attached hydrogen (secondary N) is 1. The maximum absolute atomic E-state index is 12.9. The molecule has 1 aliphatic heterocycles. The van der Waals surface area contributed by atoms with E-state index in [-0.39, 0.29) is 35.5 Å². The minimum absolute atomic E-state index is 0.0344. The minimum atomic E-state index is -3.75. The van der Waals surface area contributed by atoms with Gasteiger partial charge in [-0.25, -0.2) is 8.42 Å². The summed E-state index contributed by atoms with van der Waals surface area (Å²) in [4.78, 5) is 24.1. The van der Waals surface area contributed by atoms with Crippen LogP contribution < -0.4 is 11.1 Å². The Morgan fingerprint density at radius 3 is 2.40 bits per heavy atom. The summed E-state index contributed by atoms with van der Waals surface area (Å²) in [6, 6.07) is 9.05. The zero-order valence-electron chi connectivity index (χ0n) is 17.5. The number of primary amides is 1. The molecule has 1 aromatic carbocycles. The van der Waals surface area contributed by atoms with Crippen LogP contribution in [0.2, 0.25) is 0 Å². The first-order valence-electron chi connectivity index (χ1n) is 9.96. The lowest BCUT2D eigenvalue weighted by molar-refractivity contribution is -0.120. The second kappa shape index (κ2) is 8.61. The molecule has 0 aliphatic carbocycles. The first-order valence-corrected chi connectivity index (χ1v) is 11.4. The third-order valence-corrected chi connectivity index (χ3v) is 7.38. The summed E-state index contributed by atoms with van der Waals surface area (Å²) in [5, 5.41) is 2.95. The van der Waals surface area contributed by atoms with Crippen LogP contribution in [0, 0.1) is 5.92 Å². The van der Waals surface area contributed by atoms with E-state index >= 15 is 0 Å². The van der Waals surface area contributed by atoms with Crippen molar-refractivity contribution in [3.63, 3.8) is 0 Å². The smallest absolute Gasteiger partial charge is 0.265 e. The molecule has 3 N–H and O–H groups in total. The van der Waals surface area contributed by atoms with Crippen molar-refractivity contribution >= 4 is 27.5 Å². The van der Waals surface area contributed by atoms with E-state index in [1.54, 1.807) is 7.05 Å². The molecule has 1 fully saturated rings. The maximum atomic E-state index is 12.9. The van der Waals surface area contributed by atoms with Crippen molar-refractivity contribution in [1.82, 2.24) is 8.87 Å². The molecule has 0 radical (unpaired) electrons. The summed E-state index contributed by atoms with van der Waals surface area (Å²) in [6.07, 6.45) is 2.25. The Kier molecular flexibility index (Phi) is 6.33. The molecule has 0 saturated carbocycles. The number of aromatic nitrogens is 1. The second-order valence-electron chi connectivity index (χ2n) is 7.98. The number of rotatable bonds is 6. The van der Waals surface area contributed by atoms with Crippen LogP contribution in [0.3, 0.4) is 0 Å². The quantitative estimate of drug-likeness (QED) is 0.729. The van der Waals surface area contributed by atoms with Gasteiger partial charge in [-0.1, -0.05) is 26.0 Å². The fourth-order valence-corrected chi connectivity index (χ4v) is 5.19. The number of carbonyl (C=O) groups excluding carboxylic acids is 2. The molecule has 0 atom stereocenters. The fraction of sp³-hybridized carbons (Fsp3) is 0.429. The zero-order chi connectivity index (χ0) is 22.1. The van der Waals surface area contributed by atoms with Crippen molar-refractivity contribution in [3.8, 4) is 0 Å². The van der Waals surface area contributed by atoms with Gasteiger partial charge in [0, 0.05) is 37.9 Å². The molecule has 2 amide bonds. The number of nitrogens with zero attached hydrogens (tertiary/aromatic N) is 2. The molecule has 1 aromatic heterocycles. The lowest BCUT2D eigenvalue weighted by Gasteiger charge is -2.30. The van der Waals surface area contributed by atoms with Gasteiger partial charge in [0.05, 0.1) is 0 Å². The SMILES string of the molecule is CC(C)c1cccc(NC(=O)C2CCN(S(=O)(=O)c3cc(C(N)=O)n(C)c3)CC2)c1. The second-order valence-corrected chi connectivity index (χ2v) is 9.92. The lowest BCUT2D eigenvalue weighted by atomic mass is 9.97. The number of hydrogen-bond donors (Lipinski definition) is 2. The van der Waals surface area contributed by atoms with Gasteiger partial charge in [-0.2, -0.15) is 4.31 Å². The number of hydrogen-bond acceptors (Lipinski definition) is 4. The number of aryl methyl sites for hydroxylation is 1. The Morgan fingerprint density at radius 1 is 1.17 bits per heavy atom. The fourth-order valence-electron chi connectivity index (χ4n) is 3.65. The molecule has 162 valence electrons. The highest BCUT2D eigenvalue weighted by Crippen LogP contribution is 2.26. The first-order chi connectivity index (χ1) is 14.1. The van der Waals surface area contributed by atoms with Gasteiger partial charge in [0.2, 0.25) is 15.9 Å². The van der Waals surface area contributed by atoms with Crippen molar-refractivity contribution < 1.29 is 18.0 Å². The van der Waals surface area contributed by atoms with E-state index in [4.69, 9.17) is 5.73 Å². The molecule has 0 unspecified atom stereocenters. The van der Waals surface area contributed by atoms with Crippen LogP contribution in [0.15, 0.2) is 41.4 Å². The number of benzene rings is 1. The van der Waals surface area contributed by atoms with Crippen LogP contribution in [-0.4, -0.2) is 42.2 Å². The highest BCUT2D eigenvalue weighted by molar-refractivity contribution is 7.89. The van der Waals surface area contributed by atoms with E-state index in [1.807, 2.05) is 24.3 Å². The summed E-state index contributed by atoms with van der Waals surface area (Å²) in [5.74, 6) is -0.668. The standard InChI is InChI=1S/C21H28N4O4S/c1-14(2)16-5-4-6-17(11-16)23-21(27)15-7-9-25(10-8-15)30(28,29)18-12-19(20(22)26)24(3)13-18/h4-6,11-15H,7-10H2,1-3H3,(H2,22,26)(H,23,27). The lowest BCUT2D eigenvalue weighted by Crippen LogP contribution is -2.41. The Labute approximate surface area is 177 Å². The van der Waals surface area contributed by atoms with Crippen molar-refractivity contribution in [2.45, 2.75) is 37.5 Å². The van der Waals surface area contributed by atoms with Gasteiger partial charge in [0.15, 0.2) is 0 Å². The Balaban J connectivity index is 1.64. The molecule has 3 rings (SSSR count). The Hall–Kier alpha value is -2.65. The Morgan fingerprint density at radius 2 is 1.83 bits per heavy atom. The largest absolute Gasteiger partial charge is 0.364 e. The van der Waals surface area contributed by atoms with Crippen molar-refractivity contribution in [2.75, 3.05) is 18.4 Å². The molecule has 2 aromatic rings. The molecule has 30 heavy (non-hydrogen) atoms. The zero-order valence-corrected chi connectivity index (χ0v) is 18.3. The molecule has 1 aliphatic rings. The van der Waals surface area contributed by atoms with Gasteiger partial charge in [-0.15, -0.1) is 0 Å². The normalized spacial score (nSPS) is 16.0. The third-order valence-electron chi connectivity index (χ3n) is 5.52. The maximum Gasteiger partial charge on any atom is 0.265 e. The first kappa shape index (κ1) is 22.0. The predicted octanol–water partition coefficient (Wildman–Crippen LogP) is 2.29. The molecular formula is C21H28N4O4S. The summed E-state index contributed by atoms with van der Waals surface area (Å²) >= 11 is 0. The van der Waals surface area contributed by atoms with Gasteiger partial charge in [-0.3, -0.25) is 9.59 Å². The molecule has 9 heteroatoms. The Bertz CT molecular complexity index is 1050. The molecular weight excluding hydrogens is 404 g/mol. The van der Waals surface area contributed by atoms with Crippen LogP contribution in [-0.2, 0) is 21.9 Å². The van der Waals surface area contributed by atoms with Gasteiger partial charge < -0.3 is 15.6 Å². The summed E-state index contributed by atoms with van der Waals surface area (Å²) in [7, 11) is -2.17. The molecule has 0 bridgehead atoms. The number of nitrogens with two attached hydrogens (primary N) is 1. The van der Waals surface area contributed by atoms with E-state index in [1.165, 1.54) is 21.1 Å². The number of anilines is 1. The van der Waals surface area contributed by atoms with Gasteiger partial charge in [0.1, 0.15) is 10.6 Å². The van der Waals surface area contributed by atoms with Crippen molar-refractivity contribution in [3.05, 3.63) is 47.8 Å². The van der Waals surface area contributed by atoms with E-state index in [2.05, 4.69) is 19.2 Å². The number of piperidine rings is 1. The minimum Gasteiger partial charge on any atom is -0.364 e. The molecule has 2 heterocycles. The van der Waals surface area contributed by atoms with Crippen LogP contribution in [0.1, 0.15) is 48.7 Å². The van der Waals surface area contributed by atoms with E-state index < -0.39 is 15.9 Å². The summed E-state index contributed by atoms with van der Waals surface area (Å²) in [5.41, 5.74) is 7.31. The highest BCUT2D eigenvalue weighted by Gasteiger charge is 2.33. The van der Waals surface area contributed by atoms with Crippen LogP contribution in [0.25, 0.3) is 0 Å². The van der Waals surface area contributed by atoms with Crippen LogP contribution in [0.5, 0.6) is 0 Å². The topological polar surface area (TPSA) is 114 Å². The molecule has 0 spiro atoms. The predicted molar refractivity (Wildman–Crippen MR) is 115 cm³/mol. The number of amides is 2.